The van der Waals surface area contributed by atoms with Crippen molar-refractivity contribution < 1.29 is 9.53 Å². The molecule has 1 aromatic heterocycles. The maximum absolute atomic E-state index is 13.0. The zero-order valence-corrected chi connectivity index (χ0v) is 18.4. The van der Waals surface area contributed by atoms with Gasteiger partial charge in [0.1, 0.15) is 17.5 Å². The molecule has 158 valence electrons. The molecule has 0 aliphatic rings. The van der Waals surface area contributed by atoms with E-state index in [-0.39, 0.29) is 17.2 Å². The van der Waals surface area contributed by atoms with Crippen molar-refractivity contribution >= 4 is 28.9 Å². The van der Waals surface area contributed by atoms with Crippen molar-refractivity contribution in [1.29, 1.82) is 0 Å². The minimum atomic E-state index is -0.622. The molecule has 0 fully saturated rings. The summed E-state index contributed by atoms with van der Waals surface area (Å²) in [4.78, 5) is 25.8. The SMILES string of the molecule is COc1cc(Cl)c(C)cc1NC(C)C(=O)Nc1c(C)n(C)n(-c2ccccc2)c1=O. The number of halogens is 1. The first-order valence-corrected chi connectivity index (χ1v) is 9.88. The van der Waals surface area contributed by atoms with E-state index in [9.17, 15) is 9.59 Å². The lowest BCUT2D eigenvalue weighted by Crippen LogP contribution is -2.34. The number of ether oxygens (including phenoxy) is 1. The molecule has 1 unspecified atom stereocenters. The summed E-state index contributed by atoms with van der Waals surface area (Å²) in [5.74, 6) is 0.197. The van der Waals surface area contributed by atoms with E-state index in [0.717, 1.165) is 11.3 Å². The Labute approximate surface area is 180 Å². The second kappa shape index (κ2) is 8.67. The Bertz CT molecular complexity index is 1140. The molecule has 0 radical (unpaired) electrons. The second-order valence-corrected chi connectivity index (χ2v) is 7.50. The molecule has 0 spiro atoms. The molecule has 30 heavy (non-hydrogen) atoms. The topological polar surface area (TPSA) is 77.3 Å². The third kappa shape index (κ3) is 4.07. The number of hydrogen-bond acceptors (Lipinski definition) is 4. The average molecular weight is 429 g/mol. The number of aromatic nitrogens is 2. The minimum Gasteiger partial charge on any atom is -0.495 e. The molecule has 0 saturated carbocycles. The Kier molecular flexibility index (Phi) is 6.22. The number of rotatable bonds is 6. The summed E-state index contributed by atoms with van der Waals surface area (Å²) in [5, 5.41) is 6.48. The number of nitrogens with zero attached hydrogens (tertiary/aromatic N) is 2. The summed E-state index contributed by atoms with van der Waals surface area (Å²) in [5.41, 5.74) is 2.84. The van der Waals surface area contributed by atoms with Crippen molar-refractivity contribution in [3.63, 3.8) is 0 Å². The number of carbonyl (C=O) groups is 1. The zero-order chi connectivity index (χ0) is 22.0. The first-order chi connectivity index (χ1) is 14.2. The lowest BCUT2D eigenvalue weighted by Gasteiger charge is -2.18. The molecule has 3 aromatic rings. The van der Waals surface area contributed by atoms with Crippen LogP contribution in [0, 0.1) is 13.8 Å². The fourth-order valence-electron chi connectivity index (χ4n) is 3.19. The zero-order valence-electron chi connectivity index (χ0n) is 17.6. The third-order valence-electron chi connectivity index (χ3n) is 5.05. The van der Waals surface area contributed by atoms with Crippen LogP contribution >= 0.6 is 11.6 Å². The number of anilines is 2. The Balaban J connectivity index is 1.85. The van der Waals surface area contributed by atoms with Crippen molar-refractivity contribution in [3.05, 3.63) is 69.1 Å². The summed E-state index contributed by atoms with van der Waals surface area (Å²) in [6.07, 6.45) is 0. The van der Waals surface area contributed by atoms with Gasteiger partial charge in [0.05, 0.1) is 24.2 Å². The van der Waals surface area contributed by atoms with Crippen molar-refractivity contribution in [3.8, 4) is 11.4 Å². The number of nitrogens with one attached hydrogen (secondary N) is 2. The Morgan fingerprint density at radius 2 is 1.83 bits per heavy atom. The average Bonchev–Trinajstić information content (AvgIpc) is 2.94. The third-order valence-corrected chi connectivity index (χ3v) is 5.46. The van der Waals surface area contributed by atoms with Gasteiger partial charge in [-0.05, 0) is 44.5 Å². The van der Waals surface area contributed by atoms with Crippen LogP contribution in [0.25, 0.3) is 5.69 Å². The smallest absolute Gasteiger partial charge is 0.295 e. The normalized spacial score (nSPS) is 11.8. The maximum atomic E-state index is 13.0. The second-order valence-electron chi connectivity index (χ2n) is 7.09. The van der Waals surface area contributed by atoms with E-state index in [1.807, 2.05) is 43.3 Å². The van der Waals surface area contributed by atoms with Crippen LogP contribution in [0.1, 0.15) is 18.2 Å². The number of amides is 1. The fourth-order valence-corrected chi connectivity index (χ4v) is 3.34. The van der Waals surface area contributed by atoms with E-state index in [2.05, 4.69) is 10.6 Å². The van der Waals surface area contributed by atoms with Gasteiger partial charge >= 0.3 is 0 Å². The van der Waals surface area contributed by atoms with Crippen LogP contribution in [0.2, 0.25) is 5.02 Å². The number of para-hydroxylation sites is 1. The van der Waals surface area contributed by atoms with Crippen LogP contribution in [0.15, 0.2) is 47.3 Å². The molecule has 1 heterocycles. The summed E-state index contributed by atoms with van der Waals surface area (Å²) < 4.78 is 8.59. The van der Waals surface area contributed by atoms with Crippen LogP contribution < -0.4 is 20.9 Å². The van der Waals surface area contributed by atoms with Crippen molar-refractivity contribution in [2.45, 2.75) is 26.8 Å². The molecule has 0 aliphatic heterocycles. The quantitative estimate of drug-likeness (QED) is 0.624. The lowest BCUT2D eigenvalue weighted by atomic mass is 10.2. The Morgan fingerprint density at radius 3 is 2.47 bits per heavy atom. The van der Waals surface area contributed by atoms with E-state index in [1.165, 1.54) is 11.8 Å². The van der Waals surface area contributed by atoms with Gasteiger partial charge in [-0.15, -0.1) is 0 Å². The highest BCUT2D eigenvalue weighted by Crippen LogP contribution is 2.31. The maximum Gasteiger partial charge on any atom is 0.295 e. The summed E-state index contributed by atoms with van der Waals surface area (Å²) >= 11 is 6.15. The largest absolute Gasteiger partial charge is 0.495 e. The van der Waals surface area contributed by atoms with E-state index < -0.39 is 6.04 Å². The van der Waals surface area contributed by atoms with E-state index >= 15 is 0 Å². The van der Waals surface area contributed by atoms with Gasteiger partial charge in [-0.2, -0.15) is 0 Å². The van der Waals surface area contributed by atoms with Crippen molar-refractivity contribution in [1.82, 2.24) is 9.36 Å². The molecular weight excluding hydrogens is 404 g/mol. The Morgan fingerprint density at radius 1 is 1.17 bits per heavy atom. The highest BCUT2D eigenvalue weighted by Gasteiger charge is 2.21. The summed E-state index contributed by atoms with van der Waals surface area (Å²) in [6.45, 7) is 5.38. The minimum absolute atomic E-state index is 0.249. The van der Waals surface area contributed by atoms with Crippen LogP contribution in [0.5, 0.6) is 5.75 Å². The summed E-state index contributed by atoms with van der Waals surface area (Å²) in [6, 6.07) is 12.2. The number of aryl methyl sites for hydroxylation is 1. The van der Waals surface area contributed by atoms with Gasteiger partial charge < -0.3 is 15.4 Å². The first-order valence-electron chi connectivity index (χ1n) is 9.50. The van der Waals surface area contributed by atoms with Crippen molar-refractivity contribution in [2.75, 3.05) is 17.7 Å². The standard InChI is InChI=1S/C22H25ClN4O3/c1-13-11-18(19(30-5)12-17(13)23)24-14(2)21(28)25-20-15(3)26(4)27(22(20)29)16-9-7-6-8-10-16/h6-12,14,24H,1-5H3,(H,25,28). The van der Waals surface area contributed by atoms with Gasteiger partial charge in [-0.1, -0.05) is 29.8 Å². The van der Waals surface area contributed by atoms with Gasteiger partial charge in [0, 0.05) is 18.1 Å². The van der Waals surface area contributed by atoms with E-state index in [1.54, 1.807) is 31.6 Å². The Hall–Kier alpha value is -3.19. The molecule has 2 N–H and O–H groups in total. The van der Waals surface area contributed by atoms with Crippen LogP contribution in [-0.2, 0) is 11.8 Å². The van der Waals surface area contributed by atoms with Gasteiger partial charge in [0.15, 0.2) is 0 Å². The molecular formula is C22H25ClN4O3. The molecule has 1 amide bonds. The number of hydrogen-bond donors (Lipinski definition) is 2. The molecule has 0 bridgehead atoms. The number of carbonyl (C=O) groups excluding carboxylic acids is 1. The predicted molar refractivity (Wildman–Crippen MR) is 120 cm³/mol. The molecule has 1 atom stereocenters. The van der Waals surface area contributed by atoms with Crippen LogP contribution in [-0.4, -0.2) is 28.4 Å². The van der Waals surface area contributed by atoms with Crippen molar-refractivity contribution in [2.24, 2.45) is 7.05 Å². The van der Waals surface area contributed by atoms with Crippen LogP contribution in [0.3, 0.4) is 0 Å². The molecule has 3 rings (SSSR count). The molecule has 2 aromatic carbocycles. The number of methoxy groups -OCH3 is 1. The molecule has 0 saturated heterocycles. The molecule has 7 nitrogen and oxygen atoms in total. The van der Waals surface area contributed by atoms with Gasteiger partial charge in [0.25, 0.3) is 5.56 Å². The predicted octanol–water partition coefficient (Wildman–Crippen LogP) is 3.89. The fraction of sp³-hybridized carbons (Fsp3) is 0.273. The lowest BCUT2D eigenvalue weighted by molar-refractivity contribution is -0.116. The highest BCUT2D eigenvalue weighted by atomic mass is 35.5. The van der Waals surface area contributed by atoms with Crippen LogP contribution in [0.4, 0.5) is 11.4 Å². The van der Waals surface area contributed by atoms with Gasteiger partial charge in [-0.3, -0.25) is 14.3 Å². The summed E-state index contributed by atoms with van der Waals surface area (Å²) in [7, 11) is 3.32. The van der Waals surface area contributed by atoms with E-state index in [0.29, 0.717) is 22.2 Å². The monoisotopic (exact) mass is 428 g/mol. The molecule has 8 heteroatoms. The first kappa shape index (κ1) is 21.5. The van der Waals surface area contributed by atoms with E-state index in [4.69, 9.17) is 16.3 Å². The molecule has 0 aliphatic carbocycles. The van der Waals surface area contributed by atoms with Gasteiger partial charge in [-0.25, -0.2) is 4.68 Å². The number of benzene rings is 2. The highest BCUT2D eigenvalue weighted by molar-refractivity contribution is 6.31. The van der Waals surface area contributed by atoms with Gasteiger partial charge in [0.2, 0.25) is 5.91 Å².